The third-order valence-electron chi connectivity index (χ3n) is 2.86. The van der Waals surface area contributed by atoms with Crippen molar-refractivity contribution in [3.8, 4) is 11.5 Å². The molecule has 0 saturated heterocycles. The van der Waals surface area contributed by atoms with Gasteiger partial charge >= 0.3 is 0 Å². The number of hydrogen-bond acceptors (Lipinski definition) is 3. The second kappa shape index (κ2) is 5.02. The highest BCUT2D eigenvalue weighted by molar-refractivity contribution is 6.05. The first-order valence-corrected chi connectivity index (χ1v) is 5.88. The Hall–Kier alpha value is -2.49. The molecule has 0 aromatic heterocycles. The van der Waals surface area contributed by atoms with Gasteiger partial charge in [0.2, 0.25) is 0 Å². The highest BCUT2D eigenvalue weighted by atomic mass is 16.3. The molecule has 0 aliphatic carbocycles. The summed E-state index contributed by atoms with van der Waals surface area (Å²) in [6.07, 6.45) is 0. The zero-order valence-electron chi connectivity index (χ0n) is 10.8. The molecule has 0 radical (unpaired) electrons. The van der Waals surface area contributed by atoms with E-state index >= 15 is 0 Å². The lowest BCUT2D eigenvalue weighted by Gasteiger charge is -2.09. The van der Waals surface area contributed by atoms with Gasteiger partial charge in [0.25, 0.3) is 5.91 Å². The second-order valence-corrected chi connectivity index (χ2v) is 4.48. The Labute approximate surface area is 111 Å². The van der Waals surface area contributed by atoms with Gasteiger partial charge in [0, 0.05) is 5.56 Å². The van der Waals surface area contributed by atoms with Crippen LogP contribution in [0.3, 0.4) is 0 Å². The lowest BCUT2D eigenvalue weighted by molar-refractivity contribution is 0.102. The molecule has 0 fully saturated rings. The van der Waals surface area contributed by atoms with Gasteiger partial charge in [0.15, 0.2) is 0 Å². The number of hydrogen-bond donors (Lipinski definition) is 3. The number of rotatable bonds is 2. The van der Waals surface area contributed by atoms with Gasteiger partial charge < -0.3 is 15.5 Å². The first kappa shape index (κ1) is 13.0. The fourth-order valence-corrected chi connectivity index (χ4v) is 1.74. The summed E-state index contributed by atoms with van der Waals surface area (Å²) >= 11 is 0. The lowest BCUT2D eigenvalue weighted by Crippen LogP contribution is -2.12. The normalized spacial score (nSPS) is 10.2. The van der Waals surface area contributed by atoms with E-state index < -0.39 is 0 Å². The average molecular weight is 257 g/mol. The summed E-state index contributed by atoms with van der Waals surface area (Å²) in [6.45, 7) is 3.57. The number of nitrogens with one attached hydrogen (secondary N) is 1. The van der Waals surface area contributed by atoms with Crippen LogP contribution in [-0.4, -0.2) is 16.1 Å². The highest BCUT2D eigenvalue weighted by Crippen LogP contribution is 2.25. The third-order valence-corrected chi connectivity index (χ3v) is 2.86. The summed E-state index contributed by atoms with van der Waals surface area (Å²) in [6, 6.07) is 9.63. The summed E-state index contributed by atoms with van der Waals surface area (Å²) < 4.78 is 0. The van der Waals surface area contributed by atoms with Crippen LogP contribution in [-0.2, 0) is 0 Å². The summed E-state index contributed by atoms with van der Waals surface area (Å²) in [7, 11) is 0. The van der Waals surface area contributed by atoms with Crippen molar-refractivity contribution in [2.45, 2.75) is 13.8 Å². The van der Waals surface area contributed by atoms with E-state index in [0.29, 0.717) is 16.8 Å². The van der Waals surface area contributed by atoms with Gasteiger partial charge in [-0.3, -0.25) is 4.79 Å². The van der Waals surface area contributed by atoms with Crippen molar-refractivity contribution in [2.24, 2.45) is 0 Å². The summed E-state index contributed by atoms with van der Waals surface area (Å²) in [4.78, 5) is 12.0. The molecule has 0 aliphatic heterocycles. The molecule has 19 heavy (non-hydrogen) atoms. The van der Waals surface area contributed by atoms with Crippen molar-refractivity contribution in [2.75, 3.05) is 5.32 Å². The minimum absolute atomic E-state index is 0.0313. The molecular formula is C15H15NO3. The minimum atomic E-state index is -0.331. The molecule has 4 heteroatoms. The molecule has 0 unspecified atom stereocenters. The molecule has 3 N–H and O–H groups in total. The van der Waals surface area contributed by atoms with Crippen molar-refractivity contribution in [1.29, 1.82) is 0 Å². The molecule has 2 rings (SSSR count). The summed E-state index contributed by atoms with van der Waals surface area (Å²) in [5.74, 6) is -0.152. The SMILES string of the molecule is Cc1ccc(NC(=O)c2ccc(O)c(C)c2)c(O)c1. The Bertz CT molecular complexity index is 635. The molecular weight excluding hydrogens is 242 g/mol. The number of benzene rings is 2. The molecule has 1 amide bonds. The molecule has 2 aromatic rings. The molecule has 0 atom stereocenters. The van der Waals surface area contributed by atoms with Gasteiger partial charge in [-0.15, -0.1) is 0 Å². The van der Waals surface area contributed by atoms with Crippen LogP contribution in [0.1, 0.15) is 21.5 Å². The standard InChI is InChI=1S/C15H15NO3/c1-9-3-5-12(14(18)7-9)16-15(19)11-4-6-13(17)10(2)8-11/h3-8,17-18H,1-2H3,(H,16,19). The van der Waals surface area contributed by atoms with Crippen LogP contribution in [0, 0.1) is 13.8 Å². The summed E-state index contributed by atoms with van der Waals surface area (Å²) in [5, 5.41) is 21.8. The van der Waals surface area contributed by atoms with Crippen LogP contribution in [0.5, 0.6) is 11.5 Å². The fraction of sp³-hybridized carbons (Fsp3) is 0.133. The number of aryl methyl sites for hydroxylation is 2. The predicted octanol–water partition coefficient (Wildman–Crippen LogP) is 2.97. The number of carbonyl (C=O) groups excluding carboxylic acids is 1. The Morgan fingerprint density at radius 1 is 1.00 bits per heavy atom. The summed E-state index contributed by atoms with van der Waals surface area (Å²) in [5.41, 5.74) is 2.33. The third kappa shape index (κ3) is 2.85. The minimum Gasteiger partial charge on any atom is -0.508 e. The Morgan fingerprint density at radius 3 is 2.37 bits per heavy atom. The van der Waals surface area contributed by atoms with E-state index in [9.17, 15) is 15.0 Å². The van der Waals surface area contributed by atoms with Gasteiger partial charge in [-0.25, -0.2) is 0 Å². The predicted molar refractivity (Wildman–Crippen MR) is 73.6 cm³/mol. The maximum Gasteiger partial charge on any atom is 0.255 e. The van der Waals surface area contributed by atoms with Crippen molar-refractivity contribution >= 4 is 11.6 Å². The van der Waals surface area contributed by atoms with Crippen molar-refractivity contribution in [3.05, 3.63) is 53.1 Å². The van der Waals surface area contributed by atoms with Gasteiger partial charge in [-0.05, 0) is 55.3 Å². The van der Waals surface area contributed by atoms with E-state index in [0.717, 1.165) is 5.56 Å². The Morgan fingerprint density at radius 2 is 1.74 bits per heavy atom. The van der Waals surface area contributed by atoms with E-state index in [2.05, 4.69) is 5.32 Å². The van der Waals surface area contributed by atoms with Crippen LogP contribution >= 0.6 is 0 Å². The largest absolute Gasteiger partial charge is 0.508 e. The van der Waals surface area contributed by atoms with E-state index in [1.807, 2.05) is 6.92 Å². The number of carbonyl (C=O) groups is 1. The zero-order valence-corrected chi connectivity index (χ0v) is 10.8. The molecule has 0 spiro atoms. The van der Waals surface area contributed by atoms with Gasteiger partial charge in [-0.2, -0.15) is 0 Å². The zero-order chi connectivity index (χ0) is 14.0. The van der Waals surface area contributed by atoms with Gasteiger partial charge in [0.05, 0.1) is 5.69 Å². The van der Waals surface area contributed by atoms with Crippen LogP contribution in [0.2, 0.25) is 0 Å². The average Bonchev–Trinajstić information content (AvgIpc) is 2.36. The molecule has 4 nitrogen and oxygen atoms in total. The molecule has 98 valence electrons. The molecule has 2 aromatic carbocycles. The lowest BCUT2D eigenvalue weighted by atomic mass is 10.1. The van der Waals surface area contributed by atoms with E-state index in [-0.39, 0.29) is 17.4 Å². The van der Waals surface area contributed by atoms with Crippen LogP contribution in [0.25, 0.3) is 0 Å². The fourth-order valence-electron chi connectivity index (χ4n) is 1.74. The number of phenols is 2. The highest BCUT2D eigenvalue weighted by Gasteiger charge is 2.10. The smallest absolute Gasteiger partial charge is 0.255 e. The maximum atomic E-state index is 12.0. The molecule has 0 heterocycles. The van der Waals surface area contributed by atoms with Crippen molar-refractivity contribution in [3.63, 3.8) is 0 Å². The second-order valence-electron chi connectivity index (χ2n) is 4.48. The number of phenolic OH excluding ortho intramolecular Hbond substituents is 2. The van der Waals surface area contributed by atoms with Gasteiger partial charge in [0.1, 0.15) is 11.5 Å². The maximum absolute atomic E-state index is 12.0. The Kier molecular flexibility index (Phi) is 3.42. The monoisotopic (exact) mass is 257 g/mol. The van der Waals surface area contributed by atoms with Crippen molar-refractivity contribution < 1.29 is 15.0 Å². The van der Waals surface area contributed by atoms with Crippen LogP contribution in [0.15, 0.2) is 36.4 Å². The Balaban J connectivity index is 2.23. The van der Waals surface area contributed by atoms with E-state index in [1.54, 1.807) is 31.2 Å². The number of amides is 1. The van der Waals surface area contributed by atoms with Crippen LogP contribution in [0.4, 0.5) is 5.69 Å². The van der Waals surface area contributed by atoms with Gasteiger partial charge in [-0.1, -0.05) is 6.07 Å². The number of aromatic hydroxyl groups is 2. The van der Waals surface area contributed by atoms with E-state index in [4.69, 9.17) is 0 Å². The molecule has 0 aliphatic rings. The van der Waals surface area contributed by atoms with Crippen molar-refractivity contribution in [1.82, 2.24) is 0 Å². The molecule has 0 bridgehead atoms. The first-order chi connectivity index (χ1) is 8.97. The topological polar surface area (TPSA) is 69.6 Å². The molecule has 0 saturated carbocycles. The van der Waals surface area contributed by atoms with Crippen LogP contribution < -0.4 is 5.32 Å². The number of anilines is 1. The first-order valence-electron chi connectivity index (χ1n) is 5.88. The quantitative estimate of drug-likeness (QED) is 0.724. The van der Waals surface area contributed by atoms with E-state index in [1.165, 1.54) is 12.1 Å².